The molecule has 5 aliphatic heterocycles. The summed E-state index contributed by atoms with van der Waals surface area (Å²) in [7, 11) is 0. The van der Waals surface area contributed by atoms with Gasteiger partial charge in [0.05, 0.1) is 38.6 Å². The third-order valence-electron chi connectivity index (χ3n) is 17.7. The minimum atomic E-state index is -1.89. The summed E-state index contributed by atoms with van der Waals surface area (Å²) in [6.07, 6.45) is -13.6. The zero-order chi connectivity index (χ0) is 44.9. The van der Waals surface area contributed by atoms with Gasteiger partial charge < -0.3 is 89.0 Å². The molecule has 3 saturated carbocycles. The highest BCUT2D eigenvalue weighted by molar-refractivity contribution is 5.26. The fourth-order valence-corrected chi connectivity index (χ4v) is 14.1. The normalized spacial score (nSPS) is 56.9. The number of aliphatic hydroxyl groups excluding tert-OH is 10. The Hall–Kier alpha value is -0.980. The van der Waals surface area contributed by atoms with Crippen LogP contribution in [0.15, 0.2) is 11.6 Å². The third kappa shape index (κ3) is 7.81. The highest BCUT2D eigenvalue weighted by atomic mass is 16.8. The lowest BCUT2D eigenvalue weighted by molar-refractivity contribution is -0.390. The molecule has 0 radical (unpaired) electrons. The van der Waals surface area contributed by atoms with Crippen molar-refractivity contribution >= 4 is 0 Å². The number of aliphatic hydroxyl groups is 10. The van der Waals surface area contributed by atoms with E-state index in [9.17, 15) is 51.1 Å². The van der Waals surface area contributed by atoms with E-state index < -0.39 is 118 Å². The monoisotopic (exact) mass is 900 g/mol. The van der Waals surface area contributed by atoms with Crippen LogP contribution in [0.1, 0.15) is 85.5 Å². The molecule has 360 valence electrons. The smallest absolute Gasteiger partial charge is 0.187 e. The third-order valence-corrected chi connectivity index (χ3v) is 17.7. The quantitative estimate of drug-likeness (QED) is 0.127. The largest absolute Gasteiger partial charge is 0.394 e. The van der Waals surface area contributed by atoms with E-state index >= 15 is 0 Å². The van der Waals surface area contributed by atoms with Crippen molar-refractivity contribution in [2.24, 2.45) is 46.3 Å². The number of rotatable bonds is 9. The fraction of sp³-hybridized carbons (Fsp3) is 0.956. The average molecular weight is 901 g/mol. The molecular formula is C45H72O18. The summed E-state index contributed by atoms with van der Waals surface area (Å²) >= 11 is 0. The van der Waals surface area contributed by atoms with Crippen molar-refractivity contribution < 1.29 is 89.0 Å². The lowest BCUT2D eigenvalue weighted by Gasteiger charge is -2.58. The molecule has 18 nitrogen and oxygen atoms in total. The molecule has 0 unspecified atom stereocenters. The topological polar surface area (TPSA) is 276 Å². The maximum absolute atomic E-state index is 11.5. The van der Waals surface area contributed by atoms with Crippen molar-refractivity contribution in [3.63, 3.8) is 0 Å². The lowest BCUT2D eigenvalue weighted by atomic mass is 9.47. The zero-order valence-corrected chi connectivity index (χ0v) is 36.8. The summed E-state index contributed by atoms with van der Waals surface area (Å²) in [5, 5.41) is 106. The van der Waals surface area contributed by atoms with Crippen LogP contribution in [0.3, 0.4) is 0 Å². The van der Waals surface area contributed by atoms with Crippen LogP contribution in [0.4, 0.5) is 0 Å². The van der Waals surface area contributed by atoms with Crippen molar-refractivity contribution in [3.05, 3.63) is 11.6 Å². The van der Waals surface area contributed by atoms with Gasteiger partial charge in [-0.1, -0.05) is 39.3 Å². The Morgan fingerprint density at radius 1 is 0.651 bits per heavy atom. The molecule has 0 aromatic carbocycles. The number of allylic oxidation sites excluding steroid dienone is 1. The number of fused-ring (bicyclic) bond motifs is 7. The number of hydrogen-bond donors (Lipinski definition) is 10. The first-order valence-electron chi connectivity index (χ1n) is 23.5. The van der Waals surface area contributed by atoms with Crippen LogP contribution >= 0.6 is 0 Å². The van der Waals surface area contributed by atoms with E-state index in [2.05, 4.69) is 33.8 Å². The molecule has 1 spiro atoms. The van der Waals surface area contributed by atoms with Crippen LogP contribution in [0, 0.1) is 46.3 Å². The first-order valence-corrected chi connectivity index (χ1v) is 23.5. The molecule has 0 amide bonds. The van der Waals surface area contributed by atoms with Gasteiger partial charge >= 0.3 is 0 Å². The summed E-state index contributed by atoms with van der Waals surface area (Å²) in [6, 6.07) is 0. The predicted octanol–water partition coefficient (Wildman–Crippen LogP) is -0.813. The first-order chi connectivity index (χ1) is 30.0. The van der Waals surface area contributed by atoms with Crippen molar-refractivity contribution in [1.29, 1.82) is 0 Å². The molecule has 8 fully saturated rings. The molecule has 9 aliphatic rings. The van der Waals surface area contributed by atoms with Crippen LogP contribution in [0.2, 0.25) is 0 Å². The summed E-state index contributed by atoms with van der Waals surface area (Å²) in [5.74, 6) is 2.65. The van der Waals surface area contributed by atoms with Crippen molar-refractivity contribution in [2.75, 3.05) is 26.4 Å². The summed E-state index contributed by atoms with van der Waals surface area (Å²) in [4.78, 5) is 0. The maximum atomic E-state index is 11.5. The Labute approximate surface area is 368 Å². The molecule has 26 atom stereocenters. The molecule has 10 N–H and O–H groups in total. The van der Waals surface area contributed by atoms with Gasteiger partial charge in [0.15, 0.2) is 24.7 Å². The Morgan fingerprint density at radius 2 is 1.27 bits per heavy atom. The van der Waals surface area contributed by atoms with Crippen molar-refractivity contribution in [2.45, 2.75) is 196 Å². The summed E-state index contributed by atoms with van der Waals surface area (Å²) < 4.78 is 48.9. The van der Waals surface area contributed by atoms with E-state index in [0.717, 1.165) is 45.1 Å². The molecule has 4 aliphatic carbocycles. The Morgan fingerprint density at radius 3 is 1.95 bits per heavy atom. The van der Waals surface area contributed by atoms with Crippen LogP contribution in [0.25, 0.3) is 0 Å². The van der Waals surface area contributed by atoms with E-state index in [1.165, 1.54) is 12.0 Å². The number of hydrogen-bond acceptors (Lipinski definition) is 18. The van der Waals surface area contributed by atoms with Gasteiger partial charge in [0.25, 0.3) is 0 Å². The van der Waals surface area contributed by atoms with Gasteiger partial charge in [0.1, 0.15) is 73.2 Å². The minimum Gasteiger partial charge on any atom is -0.394 e. The second-order valence-electron chi connectivity index (χ2n) is 21.1. The number of ether oxygens (including phenoxy) is 8. The molecule has 5 saturated heterocycles. The highest BCUT2D eigenvalue weighted by Crippen LogP contribution is 2.70. The molecule has 0 aromatic rings. The summed E-state index contributed by atoms with van der Waals surface area (Å²) in [6.45, 7) is 8.10. The zero-order valence-electron chi connectivity index (χ0n) is 36.8. The summed E-state index contributed by atoms with van der Waals surface area (Å²) in [5.41, 5.74) is 1.54. The van der Waals surface area contributed by atoms with Gasteiger partial charge in [-0.3, -0.25) is 0 Å². The maximum Gasteiger partial charge on any atom is 0.187 e. The Kier molecular flexibility index (Phi) is 13.3. The van der Waals surface area contributed by atoms with Crippen LogP contribution in [0.5, 0.6) is 0 Å². The van der Waals surface area contributed by atoms with E-state index in [0.29, 0.717) is 48.3 Å². The van der Waals surface area contributed by atoms with E-state index in [4.69, 9.17) is 37.9 Å². The Bertz CT molecular complexity index is 1630. The Balaban J connectivity index is 0.849. The molecule has 5 heterocycles. The molecular weight excluding hydrogens is 828 g/mol. The van der Waals surface area contributed by atoms with Gasteiger partial charge in [-0.15, -0.1) is 0 Å². The van der Waals surface area contributed by atoms with Crippen molar-refractivity contribution in [3.8, 4) is 0 Å². The molecule has 0 aromatic heterocycles. The van der Waals surface area contributed by atoms with E-state index in [-0.39, 0.29) is 23.0 Å². The predicted molar refractivity (Wildman–Crippen MR) is 216 cm³/mol. The van der Waals surface area contributed by atoms with Crippen LogP contribution in [-0.2, 0) is 37.9 Å². The van der Waals surface area contributed by atoms with Crippen molar-refractivity contribution in [1.82, 2.24) is 0 Å². The molecule has 18 heteroatoms. The van der Waals surface area contributed by atoms with Gasteiger partial charge in [-0.2, -0.15) is 0 Å². The van der Waals surface area contributed by atoms with E-state index in [1.54, 1.807) is 0 Å². The standard InChI is InChI=1S/C45H72O18/c1-19-7-12-45(56-18-19)20(2)30-26(63-45)14-25-23-6-5-21-13-22(8-10-43(21,3)24(23)9-11-44(25,30)4)57-40-37(55)35(53)38(29(17-48)60-40)61-42-39(34(52)32(50)28(16-47)59-42)62-41-36(54)33(51)31(49)27(15-46)58-41/h5,19-20,22-42,46-55H,6-18H2,1-4H3/t19-,20-,22+,23-,24+,25+,26-,27-,28-,29-,30+,31-,32-,33+,34+,35-,36-,37-,38+,39-,40-,41+,42+,43+,44+,45-/m1/s1. The van der Waals surface area contributed by atoms with Gasteiger partial charge in [0.2, 0.25) is 0 Å². The first kappa shape index (κ1) is 47.1. The highest BCUT2D eigenvalue weighted by Gasteiger charge is 2.69. The molecule has 0 bridgehead atoms. The lowest BCUT2D eigenvalue weighted by Crippen LogP contribution is -2.67. The molecule has 63 heavy (non-hydrogen) atoms. The van der Waals surface area contributed by atoms with Gasteiger partial charge in [-0.05, 0) is 91.8 Å². The van der Waals surface area contributed by atoms with Crippen LogP contribution < -0.4 is 0 Å². The van der Waals surface area contributed by atoms with Gasteiger partial charge in [0, 0.05) is 12.3 Å². The average Bonchev–Trinajstić information content (AvgIpc) is 3.72. The second kappa shape index (κ2) is 17.8. The molecule has 9 rings (SSSR count). The van der Waals surface area contributed by atoms with Crippen LogP contribution in [-0.4, -0.2) is 188 Å². The second-order valence-corrected chi connectivity index (χ2v) is 21.1. The van der Waals surface area contributed by atoms with E-state index in [1.807, 2.05) is 0 Å². The fourth-order valence-electron chi connectivity index (χ4n) is 14.1. The minimum absolute atomic E-state index is 0.00493. The SMILES string of the molecule is C[C@@H]1CC[C@@]2(OC1)O[C@@H]1C[C@H]3[C@@H]4CC=C5C[C@@H](O[C@@H]6O[C@H](CO)[C@H](O[C@@H]7O[C@H](CO)[C@@H](O)[C@H](O)[C@H]7O[C@@H]7O[C@H](CO)[C@@H](O)[C@H](O)[C@H]7O)[C@H](O)[C@H]6O)CC[C@]5(C)[C@H]4CC[C@]3(C)[C@H]1[C@H]2C. The van der Waals surface area contributed by atoms with Gasteiger partial charge in [-0.25, -0.2) is 0 Å².